The highest BCUT2D eigenvalue weighted by atomic mass is 16.6. The van der Waals surface area contributed by atoms with Gasteiger partial charge in [-0.3, -0.25) is 10.1 Å². The van der Waals surface area contributed by atoms with E-state index in [9.17, 15) is 24.0 Å². The lowest BCUT2D eigenvalue weighted by Gasteiger charge is -2.48. The third-order valence-corrected chi connectivity index (χ3v) is 8.60. The fourth-order valence-electron chi connectivity index (χ4n) is 5.91. The van der Waals surface area contributed by atoms with Gasteiger partial charge >= 0.3 is 24.2 Å². The number of hydrogen-bond acceptors (Lipinski definition) is 8. The van der Waals surface area contributed by atoms with E-state index in [2.05, 4.69) is 15.6 Å². The Bertz CT molecular complexity index is 1890. The average Bonchev–Trinajstić information content (AvgIpc) is 3.15. The number of benzene rings is 4. The number of alkyl carbamates (subject to hydrolysis) is 1. The molecule has 0 spiro atoms. The van der Waals surface area contributed by atoms with E-state index in [1.807, 2.05) is 78.9 Å². The van der Waals surface area contributed by atoms with Crippen LogP contribution in [0.1, 0.15) is 23.1 Å². The zero-order chi connectivity index (χ0) is 36.3. The van der Waals surface area contributed by atoms with Crippen molar-refractivity contribution in [2.45, 2.75) is 32.3 Å². The van der Waals surface area contributed by atoms with Gasteiger partial charge in [-0.2, -0.15) is 0 Å². The Morgan fingerprint density at radius 3 is 1.73 bits per heavy atom. The third kappa shape index (κ3) is 9.18. The second-order valence-corrected chi connectivity index (χ2v) is 12.3. The molecule has 0 bridgehead atoms. The van der Waals surface area contributed by atoms with Crippen molar-refractivity contribution in [1.29, 1.82) is 0 Å². The molecule has 2 atom stereocenters. The number of esters is 1. The van der Waals surface area contributed by atoms with Gasteiger partial charge in [-0.1, -0.05) is 109 Å². The van der Waals surface area contributed by atoms with Crippen molar-refractivity contribution < 1.29 is 38.2 Å². The number of nitrogens with one attached hydrogen (secondary N) is 2. The van der Waals surface area contributed by atoms with Crippen LogP contribution in [0.5, 0.6) is 0 Å². The van der Waals surface area contributed by atoms with Gasteiger partial charge in [-0.05, 0) is 41.2 Å². The number of hydrogen-bond donors (Lipinski definition) is 2. The molecule has 52 heavy (non-hydrogen) atoms. The van der Waals surface area contributed by atoms with E-state index in [0.29, 0.717) is 5.69 Å². The second-order valence-electron chi connectivity index (χ2n) is 12.3. The lowest BCUT2D eigenvalue weighted by molar-refractivity contribution is -0.171. The zero-order valence-corrected chi connectivity index (χ0v) is 28.1. The Labute approximate surface area is 300 Å². The Balaban J connectivity index is 1.10. The molecule has 13 nitrogen and oxygen atoms in total. The van der Waals surface area contributed by atoms with Crippen LogP contribution in [0.3, 0.4) is 0 Å². The Morgan fingerprint density at radius 2 is 1.17 bits per heavy atom. The summed E-state index contributed by atoms with van der Waals surface area (Å²) in [7, 11) is 0. The highest BCUT2D eigenvalue weighted by Crippen LogP contribution is 2.36. The van der Waals surface area contributed by atoms with Crippen molar-refractivity contribution in [3.8, 4) is 0 Å². The standard InChI is InChI=1S/C39H37N5O8/c45-34-32(33(35(46)50-24-27-13-5-1-6-14-27)44(34)37(47)40-31-19-11-4-12-20-31)21-30-22-43(23-30)36(41-38(48)51-25-28-15-7-2-8-16-28)42-39(49)52-26-29-17-9-3-10-18-29/h1-20,30,32-33H,21-26H2,(H,40,47)(H,41,42,48,49). The number of β-lactam (4-membered cyclic amide) rings is 1. The maximum atomic E-state index is 13.4. The maximum Gasteiger partial charge on any atom is 0.437 e. The molecular formula is C39H37N5O8. The van der Waals surface area contributed by atoms with Crippen LogP contribution >= 0.6 is 0 Å². The number of ether oxygens (including phenoxy) is 3. The first-order valence-electron chi connectivity index (χ1n) is 16.8. The van der Waals surface area contributed by atoms with Crippen LogP contribution in [0.25, 0.3) is 0 Å². The van der Waals surface area contributed by atoms with Gasteiger partial charge in [0.25, 0.3) is 0 Å². The van der Waals surface area contributed by atoms with Crippen LogP contribution in [-0.4, -0.2) is 65.0 Å². The Morgan fingerprint density at radius 1 is 0.673 bits per heavy atom. The normalized spacial score (nSPS) is 16.9. The van der Waals surface area contributed by atoms with Crippen molar-refractivity contribution in [2.75, 3.05) is 18.4 Å². The van der Waals surface area contributed by atoms with Gasteiger partial charge in [-0.15, -0.1) is 4.99 Å². The first kappa shape index (κ1) is 35.3. The van der Waals surface area contributed by atoms with Gasteiger partial charge in [0.15, 0.2) is 6.04 Å². The van der Waals surface area contributed by atoms with Crippen LogP contribution in [0.4, 0.5) is 20.1 Å². The Hall–Kier alpha value is -6.50. The van der Waals surface area contributed by atoms with E-state index in [0.717, 1.165) is 21.6 Å². The molecule has 5 amide bonds. The SMILES string of the molecule is O=C(/N=C(\NC(=O)OCc1ccccc1)N1CC(CC2C(=O)N(C(=O)Nc3ccccc3)C2C(=O)OCc2ccccc2)C1)OCc1ccccc1. The number of imide groups is 1. The van der Waals surface area contributed by atoms with Crippen LogP contribution in [0.15, 0.2) is 126 Å². The smallest absolute Gasteiger partial charge is 0.437 e. The highest BCUT2D eigenvalue weighted by Gasteiger charge is 2.56. The molecule has 6 rings (SSSR count). The number of guanidine groups is 1. The van der Waals surface area contributed by atoms with Crippen LogP contribution in [0.2, 0.25) is 0 Å². The lowest BCUT2D eigenvalue weighted by atomic mass is 9.78. The number of anilines is 1. The molecule has 0 saturated carbocycles. The Kier molecular flexibility index (Phi) is 11.5. The van der Waals surface area contributed by atoms with Crippen LogP contribution < -0.4 is 10.6 Å². The molecule has 0 aliphatic carbocycles. The predicted molar refractivity (Wildman–Crippen MR) is 189 cm³/mol. The first-order valence-corrected chi connectivity index (χ1v) is 16.8. The van der Waals surface area contributed by atoms with Gasteiger partial charge in [0.2, 0.25) is 11.9 Å². The van der Waals surface area contributed by atoms with E-state index in [4.69, 9.17) is 14.2 Å². The van der Waals surface area contributed by atoms with Crippen molar-refractivity contribution in [2.24, 2.45) is 16.8 Å². The fraction of sp³-hybridized carbons (Fsp3) is 0.231. The molecule has 2 unspecified atom stereocenters. The number of urea groups is 1. The summed E-state index contributed by atoms with van der Waals surface area (Å²) >= 11 is 0. The summed E-state index contributed by atoms with van der Waals surface area (Å²) in [6.07, 6.45) is -1.49. The van der Waals surface area contributed by atoms with Gasteiger partial charge in [-0.25, -0.2) is 24.1 Å². The van der Waals surface area contributed by atoms with Crippen LogP contribution in [-0.2, 0) is 43.6 Å². The summed E-state index contributed by atoms with van der Waals surface area (Å²) in [6.45, 7) is 0.540. The molecule has 266 valence electrons. The molecule has 0 aromatic heterocycles. The van der Waals surface area contributed by atoms with Crippen molar-refractivity contribution in [1.82, 2.24) is 15.1 Å². The monoisotopic (exact) mass is 703 g/mol. The molecule has 2 N–H and O–H groups in total. The first-order chi connectivity index (χ1) is 25.3. The van der Waals surface area contributed by atoms with Gasteiger partial charge in [0.1, 0.15) is 19.8 Å². The van der Waals surface area contributed by atoms with Crippen molar-refractivity contribution >= 4 is 41.7 Å². The number of aliphatic imine (C=N–C) groups is 1. The summed E-state index contributed by atoms with van der Waals surface area (Å²) in [5.41, 5.74) is 2.77. The molecule has 4 aromatic rings. The molecule has 2 aliphatic rings. The quantitative estimate of drug-likeness (QED) is 0.0693. The summed E-state index contributed by atoms with van der Waals surface area (Å²) in [4.78, 5) is 72.1. The van der Waals surface area contributed by atoms with E-state index in [-0.39, 0.29) is 51.2 Å². The molecule has 0 radical (unpaired) electrons. The number of amides is 5. The molecule has 2 aliphatic heterocycles. The summed E-state index contributed by atoms with van der Waals surface area (Å²) in [5.74, 6) is -2.24. The second kappa shape index (κ2) is 16.9. The molecule has 2 heterocycles. The van der Waals surface area contributed by atoms with Gasteiger partial charge in [0, 0.05) is 18.8 Å². The molecular weight excluding hydrogens is 666 g/mol. The molecule has 13 heteroatoms. The number of para-hydroxylation sites is 1. The number of likely N-dealkylation sites (tertiary alicyclic amines) is 2. The summed E-state index contributed by atoms with van der Waals surface area (Å²) < 4.78 is 16.2. The minimum atomic E-state index is -1.14. The molecule has 2 saturated heterocycles. The number of carbonyl (C=O) groups is 5. The zero-order valence-electron chi connectivity index (χ0n) is 28.1. The van der Waals surface area contributed by atoms with Gasteiger partial charge < -0.3 is 24.4 Å². The lowest BCUT2D eigenvalue weighted by Crippen LogP contribution is -2.68. The summed E-state index contributed by atoms with van der Waals surface area (Å²) in [6, 6.07) is 34.0. The minimum Gasteiger partial charge on any atom is -0.459 e. The van der Waals surface area contributed by atoms with E-state index in [1.165, 1.54) is 0 Å². The van der Waals surface area contributed by atoms with Crippen LogP contribution in [0, 0.1) is 11.8 Å². The van der Waals surface area contributed by atoms with Gasteiger partial charge in [0.05, 0.1) is 5.92 Å². The predicted octanol–water partition coefficient (Wildman–Crippen LogP) is 5.73. The molecule has 4 aromatic carbocycles. The fourth-order valence-corrected chi connectivity index (χ4v) is 5.91. The average molecular weight is 704 g/mol. The maximum absolute atomic E-state index is 13.4. The topological polar surface area (TPSA) is 156 Å². The number of rotatable bonds is 10. The summed E-state index contributed by atoms with van der Waals surface area (Å²) in [5, 5.41) is 5.22. The molecule has 2 fully saturated rings. The van der Waals surface area contributed by atoms with E-state index >= 15 is 0 Å². The number of nitrogens with zero attached hydrogens (tertiary/aromatic N) is 3. The minimum absolute atomic E-state index is 0.000926. The largest absolute Gasteiger partial charge is 0.459 e. The van der Waals surface area contributed by atoms with E-state index < -0.39 is 42.1 Å². The van der Waals surface area contributed by atoms with Crippen molar-refractivity contribution in [3.63, 3.8) is 0 Å². The van der Waals surface area contributed by atoms with E-state index in [1.54, 1.807) is 47.4 Å². The number of carbonyl (C=O) groups excluding carboxylic acids is 5. The highest BCUT2D eigenvalue weighted by molar-refractivity contribution is 6.11. The third-order valence-electron chi connectivity index (χ3n) is 8.60. The van der Waals surface area contributed by atoms with Crippen molar-refractivity contribution in [3.05, 3.63) is 138 Å².